The van der Waals surface area contributed by atoms with Gasteiger partial charge in [0.15, 0.2) is 0 Å². The molecule has 1 aliphatic carbocycles. The predicted molar refractivity (Wildman–Crippen MR) is 76.8 cm³/mol. The molecule has 0 radical (unpaired) electrons. The molecule has 0 amide bonds. The molecule has 2 nitrogen and oxygen atoms in total. The van der Waals surface area contributed by atoms with Crippen molar-refractivity contribution in [3.63, 3.8) is 0 Å². The van der Waals surface area contributed by atoms with Crippen molar-refractivity contribution >= 4 is 0 Å². The van der Waals surface area contributed by atoms with E-state index in [1.165, 1.54) is 24.8 Å². The summed E-state index contributed by atoms with van der Waals surface area (Å²) in [5, 5.41) is 3.57. The number of nitrogens with one attached hydrogen (secondary N) is 1. The van der Waals surface area contributed by atoms with Crippen LogP contribution in [0.1, 0.15) is 42.4 Å². The smallest absolute Gasteiger partial charge is 0.123 e. The summed E-state index contributed by atoms with van der Waals surface area (Å²) in [6.45, 7) is 2.67. The van der Waals surface area contributed by atoms with Crippen LogP contribution in [0.25, 0.3) is 0 Å². The summed E-state index contributed by atoms with van der Waals surface area (Å²) >= 11 is 0. The second-order valence-corrected chi connectivity index (χ2v) is 5.61. The third-order valence-corrected chi connectivity index (χ3v) is 4.14. The summed E-state index contributed by atoms with van der Waals surface area (Å²) in [5.41, 5.74) is 1.17. The van der Waals surface area contributed by atoms with Crippen molar-refractivity contribution in [2.75, 3.05) is 0 Å². The van der Waals surface area contributed by atoms with Gasteiger partial charge in [-0.2, -0.15) is 0 Å². The Bertz CT molecular complexity index is 557. The lowest BCUT2D eigenvalue weighted by atomic mass is 9.77. The zero-order valence-electron chi connectivity index (χ0n) is 11.7. The monoisotopic (exact) mass is 273 g/mol. The highest BCUT2D eigenvalue weighted by molar-refractivity contribution is 5.21. The largest absolute Gasteiger partial charge is 0.465 e. The van der Waals surface area contributed by atoms with E-state index in [4.69, 9.17) is 4.42 Å². The zero-order valence-corrected chi connectivity index (χ0v) is 11.7. The van der Waals surface area contributed by atoms with Gasteiger partial charge in [0.25, 0.3) is 0 Å². The molecule has 1 aromatic heterocycles. The van der Waals surface area contributed by atoms with E-state index < -0.39 is 0 Å². The van der Waals surface area contributed by atoms with E-state index >= 15 is 0 Å². The van der Waals surface area contributed by atoms with Gasteiger partial charge in [0.2, 0.25) is 0 Å². The lowest BCUT2D eigenvalue weighted by Gasteiger charge is -2.34. The Balaban J connectivity index is 1.71. The minimum absolute atomic E-state index is 0.178. The van der Waals surface area contributed by atoms with Crippen LogP contribution in [0.15, 0.2) is 40.8 Å². The number of furan rings is 1. The van der Waals surface area contributed by atoms with E-state index in [1.807, 2.05) is 31.2 Å². The van der Waals surface area contributed by atoms with Crippen LogP contribution in [0.5, 0.6) is 0 Å². The molecule has 1 atom stereocenters. The van der Waals surface area contributed by atoms with Crippen molar-refractivity contribution in [2.45, 2.75) is 38.8 Å². The highest BCUT2D eigenvalue weighted by Crippen LogP contribution is 2.37. The Morgan fingerprint density at radius 3 is 2.50 bits per heavy atom. The molecular formula is C17H20FNO. The minimum Gasteiger partial charge on any atom is -0.465 e. The van der Waals surface area contributed by atoms with Gasteiger partial charge in [0.05, 0.1) is 6.54 Å². The Kier molecular flexibility index (Phi) is 3.88. The summed E-state index contributed by atoms with van der Waals surface area (Å²) in [5.74, 6) is 2.36. The molecule has 0 aliphatic heterocycles. The van der Waals surface area contributed by atoms with E-state index in [0.29, 0.717) is 12.5 Å². The number of halogens is 1. The van der Waals surface area contributed by atoms with Gasteiger partial charge in [-0.05, 0) is 55.5 Å². The molecule has 1 fully saturated rings. The van der Waals surface area contributed by atoms with E-state index in [9.17, 15) is 4.39 Å². The average Bonchev–Trinajstić information content (AvgIpc) is 2.79. The molecule has 3 rings (SSSR count). The van der Waals surface area contributed by atoms with Gasteiger partial charge in [-0.15, -0.1) is 0 Å². The Morgan fingerprint density at radius 2 is 1.95 bits per heavy atom. The van der Waals surface area contributed by atoms with Crippen molar-refractivity contribution in [3.05, 3.63) is 59.3 Å². The maximum Gasteiger partial charge on any atom is 0.123 e. The minimum atomic E-state index is -0.178. The summed E-state index contributed by atoms with van der Waals surface area (Å²) in [6.07, 6.45) is 3.78. The van der Waals surface area contributed by atoms with Gasteiger partial charge in [-0.25, -0.2) is 4.39 Å². The number of benzene rings is 1. The number of hydrogen-bond donors (Lipinski definition) is 1. The number of aryl methyl sites for hydroxylation is 1. The molecule has 1 aromatic carbocycles. The molecule has 1 N–H and O–H groups in total. The van der Waals surface area contributed by atoms with Crippen LogP contribution in [0, 0.1) is 18.7 Å². The molecular weight excluding hydrogens is 253 g/mol. The molecule has 106 valence electrons. The first-order valence-electron chi connectivity index (χ1n) is 7.26. The van der Waals surface area contributed by atoms with Gasteiger partial charge >= 0.3 is 0 Å². The Hall–Kier alpha value is -1.61. The molecule has 0 bridgehead atoms. The first kappa shape index (κ1) is 13.4. The van der Waals surface area contributed by atoms with Crippen molar-refractivity contribution in [3.8, 4) is 0 Å². The predicted octanol–water partition coefficient (Wildman–Crippen LogP) is 4.36. The lowest BCUT2D eigenvalue weighted by Crippen LogP contribution is -2.31. The second-order valence-electron chi connectivity index (χ2n) is 5.61. The third-order valence-electron chi connectivity index (χ3n) is 4.14. The van der Waals surface area contributed by atoms with Crippen LogP contribution in [-0.2, 0) is 6.54 Å². The van der Waals surface area contributed by atoms with E-state index in [2.05, 4.69) is 5.32 Å². The highest BCUT2D eigenvalue weighted by Gasteiger charge is 2.28. The fourth-order valence-corrected chi connectivity index (χ4v) is 2.79. The van der Waals surface area contributed by atoms with Crippen molar-refractivity contribution in [1.82, 2.24) is 5.32 Å². The molecule has 1 saturated carbocycles. The number of hydrogen-bond acceptors (Lipinski definition) is 2. The standard InChI is InChI=1S/C17H20FNO/c1-12-5-10-16(20-12)11-19-17(13-3-2-4-13)14-6-8-15(18)9-7-14/h5-10,13,17,19H,2-4,11H2,1H3. The second kappa shape index (κ2) is 5.80. The summed E-state index contributed by atoms with van der Waals surface area (Å²) in [7, 11) is 0. The molecule has 1 unspecified atom stereocenters. The van der Waals surface area contributed by atoms with Crippen LogP contribution in [-0.4, -0.2) is 0 Å². The SMILES string of the molecule is Cc1ccc(CNC(c2ccc(F)cc2)C2CCC2)o1. The first-order chi connectivity index (χ1) is 9.72. The van der Waals surface area contributed by atoms with Crippen molar-refractivity contribution in [1.29, 1.82) is 0 Å². The van der Waals surface area contributed by atoms with Crippen molar-refractivity contribution < 1.29 is 8.81 Å². The topological polar surface area (TPSA) is 25.2 Å². The molecule has 0 saturated heterocycles. The van der Waals surface area contributed by atoms with Gasteiger partial charge < -0.3 is 9.73 Å². The lowest BCUT2D eigenvalue weighted by molar-refractivity contribution is 0.225. The quantitative estimate of drug-likeness (QED) is 0.875. The third kappa shape index (κ3) is 2.93. The van der Waals surface area contributed by atoms with E-state index in [-0.39, 0.29) is 11.9 Å². The number of rotatable bonds is 5. The van der Waals surface area contributed by atoms with Crippen LogP contribution in [0.3, 0.4) is 0 Å². The molecule has 1 aliphatic rings. The fourth-order valence-electron chi connectivity index (χ4n) is 2.79. The normalized spacial score (nSPS) is 16.9. The van der Waals surface area contributed by atoms with Gasteiger partial charge in [0.1, 0.15) is 17.3 Å². The van der Waals surface area contributed by atoms with E-state index in [1.54, 1.807) is 12.1 Å². The molecule has 1 heterocycles. The van der Waals surface area contributed by atoms with Gasteiger partial charge in [0, 0.05) is 6.04 Å². The Morgan fingerprint density at radius 1 is 1.20 bits per heavy atom. The van der Waals surface area contributed by atoms with Crippen LogP contribution in [0.2, 0.25) is 0 Å². The molecule has 3 heteroatoms. The maximum absolute atomic E-state index is 13.1. The average molecular weight is 273 g/mol. The van der Waals surface area contributed by atoms with Crippen LogP contribution >= 0.6 is 0 Å². The highest BCUT2D eigenvalue weighted by atomic mass is 19.1. The van der Waals surface area contributed by atoms with Gasteiger partial charge in [-0.3, -0.25) is 0 Å². The molecule has 0 spiro atoms. The summed E-state index contributed by atoms with van der Waals surface area (Å²) in [4.78, 5) is 0. The summed E-state index contributed by atoms with van der Waals surface area (Å²) < 4.78 is 18.7. The van der Waals surface area contributed by atoms with Crippen LogP contribution < -0.4 is 5.32 Å². The fraction of sp³-hybridized carbons (Fsp3) is 0.412. The molecule has 2 aromatic rings. The first-order valence-corrected chi connectivity index (χ1v) is 7.26. The van der Waals surface area contributed by atoms with Crippen molar-refractivity contribution in [2.24, 2.45) is 5.92 Å². The Labute approximate surface area is 119 Å². The van der Waals surface area contributed by atoms with Crippen LogP contribution in [0.4, 0.5) is 4.39 Å². The molecule has 20 heavy (non-hydrogen) atoms. The zero-order chi connectivity index (χ0) is 13.9. The summed E-state index contributed by atoms with van der Waals surface area (Å²) in [6, 6.07) is 11.1. The maximum atomic E-state index is 13.1. The van der Waals surface area contributed by atoms with E-state index in [0.717, 1.165) is 11.5 Å². The van der Waals surface area contributed by atoms with Gasteiger partial charge in [-0.1, -0.05) is 18.6 Å².